The second-order valence-electron chi connectivity index (χ2n) is 5.21. The average molecular weight is 297 g/mol. The van der Waals surface area contributed by atoms with Gasteiger partial charge in [-0.15, -0.1) is 0 Å². The van der Waals surface area contributed by atoms with Crippen LogP contribution in [0.25, 0.3) is 11.1 Å². The molecule has 2 aromatic carbocycles. The first kappa shape index (κ1) is 16.1. The lowest BCUT2D eigenvalue weighted by atomic mass is 10.0. The lowest BCUT2D eigenvalue weighted by molar-refractivity contribution is 0.0953. The van der Waals surface area contributed by atoms with Crippen LogP contribution in [0.3, 0.4) is 0 Å². The third-order valence-corrected chi connectivity index (χ3v) is 3.32. The molecule has 2 aromatic rings. The molecule has 0 aliphatic carbocycles. The Bertz CT molecular complexity index is 605. The predicted octanol–water partition coefficient (Wildman–Crippen LogP) is 4.28. The van der Waals surface area contributed by atoms with Gasteiger partial charge in [-0.3, -0.25) is 4.79 Å². The van der Waals surface area contributed by atoms with Gasteiger partial charge in [-0.2, -0.15) is 0 Å². The third-order valence-electron chi connectivity index (χ3n) is 3.32. The SMILES string of the molecule is CCCNC(=O)c1cccc(-c2ccc(OCCC)cc2)c1. The predicted molar refractivity (Wildman–Crippen MR) is 90.3 cm³/mol. The molecule has 0 radical (unpaired) electrons. The Morgan fingerprint density at radius 1 is 1.00 bits per heavy atom. The molecule has 3 heteroatoms. The van der Waals surface area contributed by atoms with Crippen LogP contribution in [0.4, 0.5) is 0 Å². The smallest absolute Gasteiger partial charge is 0.251 e. The third kappa shape index (κ3) is 4.35. The van der Waals surface area contributed by atoms with Crippen molar-refractivity contribution in [2.24, 2.45) is 0 Å². The topological polar surface area (TPSA) is 38.3 Å². The Kier molecular flexibility index (Phi) is 6.01. The van der Waals surface area contributed by atoms with Crippen LogP contribution in [-0.2, 0) is 0 Å². The van der Waals surface area contributed by atoms with Crippen molar-refractivity contribution in [3.8, 4) is 16.9 Å². The molecule has 1 N–H and O–H groups in total. The van der Waals surface area contributed by atoms with Crippen LogP contribution < -0.4 is 10.1 Å². The van der Waals surface area contributed by atoms with E-state index in [9.17, 15) is 4.79 Å². The maximum Gasteiger partial charge on any atom is 0.251 e. The van der Waals surface area contributed by atoms with Crippen molar-refractivity contribution >= 4 is 5.91 Å². The Balaban J connectivity index is 2.13. The van der Waals surface area contributed by atoms with E-state index in [1.54, 1.807) is 0 Å². The van der Waals surface area contributed by atoms with Gasteiger partial charge in [0.25, 0.3) is 5.91 Å². The van der Waals surface area contributed by atoms with Crippen molar-refractivity contribution in [1.29, 1.82) is 0 Å². The van der Waals surface area contributed by atoms with Gasteiger partial charge in [0.1, 0.15) is 5.75 Å². The number of hydrogen-bond donors (Lipinski definition) is 1. The van der Waals surface area contributed by atoms with Crippen molar-refractivity contribution < 1.29 is 9.53 Å². The van der Waals surface area contributed by atoms with Crippen molar-refractivity contribution in [3.63, 3.8) is 0 Å². The highest BCUT2D eigenvalue weighted by molar-refractivity contribution is 5.95. The fraction of sp³-hybridized carbons (Fsp3) is 0.316. The Hall–Kier alpha value is -2.29. The van der Waals surface area contributed by atoms with Crippen molar-refractivity contribution in [2.45, 2.75) is 26.7 Å². The average Bonchev–Trinajstić information content (AvgIpc) is 2.58. The summed E-state index contributed by atoms with van der Waals surface area (Å²) in [7, 11) is 0. The summed E-state index contributed by atoms with van der Waals surface area (Å²) in [5.41, 5.74) is 2.80. The van der Waals surface area contributed by atoms with E-state index in [0.717, 1.165) is 36.3 Å². The zero-order valence-corrected chi connectivity index (χ0v) is 13.3. The normalized spacial score (nSPS) is 10.3. The molecule has 0 saturated heterocycles. The molecule has 0 fully saturated rings. The van der Waals surface area contributed by atoms with Gasteiger partial charge in [-0.25, -0.2) is 0 Å². The molecule has 1 amide bonds. The summed E-state index contributed by atoms with van der Waals surface area (Å²) >= 11 is 0. The van der Waals surface area contributed by atoms with Gasteiger partial charge in [0, 0.05) is 12.1 Å². The second-order valence-corrected chi connectivity index (χ2v) is 5.21. The molecular weight excluding hydrogens is 274 g/mol. The van der Waals surface area contributed by atoms with Crippen molar-refractivity contribution in [1.82, 2.24) is 5.32 Å². The Labute approximate surface area is 132 Å². The Morgan fingerprint density at radius 2 is 1.77 bits per heavy atom. The summed E-state index contributed by atoms with van der Waals surface area (Å²) in [6.45, 7) is 5.56. The van der Waals surface area contributed by atoms with E-state index >= 15 is 0 Å². The van der Waals surface area contributed by atoms with Gasteiger partial charge in [-0.05, 0) is 48.2 Å². The molecular formula is C19H23NO2. The van der Waals surface area contributed by atoms with Crippen molar-refractivity contribution in [3.05, 3.63) is 54.1 Å². The van der Waals surface area contributed by atoms with Crippen LogP contribution in [0.1, 0.15) is 37.0 Å². The fourth-order valence-electron chi connectivity index (χ4n) is 2.14. The van der Waals surface area contributed by atoms with Gasteiger partial charge in [0.05, 0.1) is 6.61 Å². The molecule has 0 spiro atoms. The molecule has 0 heterocycles. The molecule has 116 valence electrons. The minimum Gasteiger partial charge on any atom is -0.494 e. The van der Waals surface area contributed by atoms with Crippen LogP contribution in [0.5, 0.6) is 5.75 Å². The summed E-state index contributed by atoms with van der Waals surface area (Å²) in [5.74, 6) is 0.856. The first-order valence-electron chi connectivity index (χ1n) is 7.86. The summed E-state index contributed by atoms with van der Waals surface area (Å²) in [6, 6.07) is 15.7. The molecule has 0 unspecified atom stereocenters. The summed E-state index contributed by atoms with van der Waals surface area (Å²) in [5, 5.41) is 2.90. The number of rotatable bonds is 7. The van der Waals surface area contributed by atoms with Gasteiger partial charge in [-0.1, -0.05) is 38.1 Å². The van der Waals surface area contributed by atoms with E-state index in [4.69, 9.17) is 4.74 Å². The van der Waals surface area contributed by atoms with Crippen LogP contribution in [0.15, 0.2) is 48.5 Å². The molecule has 22 heavy (non-hydrogen) atoms. The number of ether oxygens (including phenoxy) is 1. The second kappa shape index (κ2) is 8.23. The van der Waals surface area contributed by atoms with Gasteiger partial charge in [0.2, 0.25) is 0 Å². The number of carbonyl (C=O) groups is 1. The van der Waals surface area contributed by atoms with E-state index in [1.807, 2.05) is 55.5 Å². The zero-order chi connectivity index (χ0) is 15.8. The van der Waals surface area contributed by atoms with E-state index in [-0.39, 0.29) is 5.91 Å². The Morgan fingerprint density at radius 3 is 2.45 bits per heavy atom. The van der Waals surface area contributed by atoms with Gasteiger partial charge < -0.3 is 10.1 Å². The zero-order valence-electron chi connectivity index (χ0n) is 13.3. The molecule has 3 nitrogen and oxygen atoms in total. The lowest BCUT2D eigenvalue weighted by Crippen LogP contribution is -2.23. The summed E-state index contributed by atoms with van der Waals surface area (Å²) in [4.78, 5) is 12.0. The highest BCUT2D eigenvalue weighted by Gasteiger charge is 2.06. The minimum absolute atomic E-state index is 0.0217. The van der Waals surface area contributed by atoms with Gasteiger partial charge >= 0.3 is 0 Å². The van der Waals surface area contributed by atoms with Crippen LogP contribution >= 0.6 is 0 Å². The molecule has 0 bridgehead atoms. The maximum atomic E-state index is 12.0. The highest BCUT2D eigenvalue weighted by Crippen LogP contribution is 2.23. The fourth-order valence-corrected chi connectivity index (χ4v) is 2.14. The first-order chi connectivity index (χ1) is 10.7. The highest BCUT2D eigenvalue weighted by atomic mass is 16.5. The number of benzene rings is 2. The van der Waals surface area contributed by atoms with Crippen LogP contribution in [0.2, 0.25) is 0 Å². The van der Waals surface area contributed by atoms with Gasteiger partial charge in [0.15, 0.2) is 0 Å². The monoisotopic (exact) mass is 297 g/mol. The van der Waals surface area contributed by atoms with E-state index < -0.39 is 0 Å². The molecule has 2 rings (SSSR count). The summed E-state index contributed by atoms with van der Waals surface area (Å²) < 4.78 is 5.59. The molecule has 0 saturated carbocycles. The number of carbonyl (C=O) groups excluding carboxylic acids is 1. The van der Waals surface area contributed by atoms with Crippen LogP contribution in [0, 0.1) is 0 Å². The molecule has 0 atom stereocenters. The number of nitrogens with one attached hydrogen (secondary N) is 1. The van der Waals surface area contributed by atoms with Crippen LogP contribution in [-0.4, -0.2) is 19.1 Å². The number of hydrogen-bond acceptors (Lipinski definition) is 2. The molecule has 0 aliphatic rings. The van der Waals surface area contributed by atoms with E-state index in [1.165, 1.54) is 0 Å². The maximum absolute atomic E-state index is 12.0. The largest absolute Gasteiger partial charge is 0.494 e. The lowest BCUT2D eigenvalue weighted by Gasteiger charge is -2.08. The molecule has 0 aliphatic heterocycles. The quantitative estimate of drug-likeness (QED) is 0.828. The molecule has 0 aromatic heterocycles. The minimum atomic E-state index is -0.0217. The van der Waals surface area contributed by atoms with E-state index in [0.29, 0.717) is 12.1 Å². The van der Waals surface area contributed by atoms with E-state index in [2.05, 4.69) is 12.2 Å². The number of amides is 1. The standard InChI is InChI=1S/C19H23NO2/c1-3-12-20-19(21)17-7-5-6-16(14-17)15-8-10-18(11-9-15)22-13-4-2/h5-11,14H,3-4,12-13H2,1-2H3,(H,20,21). The summed E-state index contributed by atoms with van der Waals surface area (Å²) in [6.07, 6.45) is 1.93. The first-order valence-corrected chi connectivity index (χ1v) is 7.86. The van der Waals surface area contributed by atoms with Crippen molar-refractivity contribution in [2.75, 3.05) is 13.2 Å².